The van der Waals surface area contributed by atoms with Crippen molar-refractivity contribution in [1.82, 2.24) is 24.9 Å². The Labute approximate surface area is 212 Å². The molecule has 36 heavy (non-hydrogen) atoms. The quantitative estimate of drug-likeness (QED) is 0.158. The van der Waals surface area contributed by atoms with Gasteiger partial charge in [0.1, 0.15) is 29.7 Å². The van der Waals surface area contributed by atoms with E-state index >= 15 is 0 Å². The van der Waals surface area contributed by atoms with E-state index in [1.165, 1.54) is 23.8 Å². The van der Waals surface area contributed by atoms with Crippen LogP contribution in [-0.4, -0.2) is 67.3 Å². The van der Waals surface area contributed by atoms with E-state index in [-0.39, 0.29) is 28.8 Å². The highest BCUT2D eigenvalue weighted by atomic mass is 32.2. The Kier molecular flexibility index (Phi) is 6.09. The third-order valence-corrected chi connectivity index (χ3v) is 7.91. The Morgan fingerprint density at radius 3 is 2.92 bits per heavy atom. The number of nitrogens with one attached hydrogen (secondary N) is 1. The van der Waals surface area contributed by atoms with Gasteiger partial charge in [0.2, 0.25) is 6.20 Å². The van der Waals surface area contributed by atoms with Gasteiger partial charge in [0, 0.05) is 22.9 Å². The fourth-order valence-corrected chi connectivity index (χ4v) is 6.09. The third kappa shape index (κ3) is 3.95. The minimum absolute atomic E-state index is 0.143. The van der Waals surface area contributed by atoms with E-state index in [0.29, 0.717) is 11.3 Å². The van der Waals surface area contributed by atoms with Crippen molar-refractivity contribution in [2.75, 3.05) is 18.6 Å². The van der Waals surface area contributed by atoms with Gasteiger partial charge in [0.05, 0.1) is 30.3 Å². The first-order valence-corrected chi connectivity index (χ1v) is 12.5. The van der Waals surface area contributed by atoms with E-state index in [4.69, 9.17) is 10.6 Å². The lowest BCUT2D eigenvalue weighted by atomic mass is 10.0. The zero-order valence-electron chi connectivity index (χ0n) is 19.1. The number of fused-ring (bicyclic) bond motifs is 2. The fraction of sp³-hybridized carbons (Fsp3) is 0.286. The summed E-state index contributed by atoms with van der Waals surface area (Å²) in [6.07, 6.45) is 5.29. The number of pyridine rings is 1. The first-order chi connectivity index (χ1) is 17.3. The molecule has 186 valence electrons. The number of nitrogen functional groups attached to an aromatic ring is 1. The van der Waals surface area contributed by atoms with Crippen molar-refractivity contribution in [2.24, 2.45) is 12.2 Å². The number of hydrogen-bond donors (Lipinski definition) is 2. The Morgan fingerprint density at radius 2 is 2.25 bits per heavy atom. The first-order valence-electron chi connectivity index (χ1n) is 10.6. The van der Waals surface area contributed by atoms with Gasteiger partial charge < -0.3 is 25.8 Å². The van der Waals surface area contributed by atoms with Gasteiger partial charge in [-0.3, -0.25) is 19.5 Å². The Morgan fingerprint density at radius 1 is 1.44 bits per heavy atom. The maximum atomic E-state index is 13.0. The van der Waals surface area contributed by atoms with Gasteiger partial charge in [-0.1, -0.05) is 5.16 Å². The molecule has 2 aliphatic rings. The van der Waals surface area contributed by atoms with Crippen LogP contribution >= 0.6 is 23.1 Å². The Hall–Kier alpha value is -3.98. The molecular formula is C21H20N8O5S2. The number of oxime groups is 1. The minimum atomic E-state index is -1.45. The van der Waals surface area contributed by atoms with Crippen LogP contribution in [0, 0.1) is 0 Å². The summed E-state index contributed by atoms with van der Waals surface area (Å²) in [5.74, 6) is -2.37. The van der Waals surface area contributed by atoms with E-state index in [1.807, 2.05) is 28.7 Å². The third-order valence-electron chi connectivity index (χ3n) is 5.90. The number of thioether (sulfide) groups is 1. The van der Waals surface area contributed by atoms with Crippen LogP contribution in [0.2, 0.25) is 0 Å². The Bertz CT molecular complexity index is 1460. The highest BCUT2D eigenvalue weighted by Crippen LogP contribution is 2.40. The van der Waals surface area contributed by atoms with Gasteiger partial charge in [-0.25, -0.2) is 4.98 Å². The van der Waals surface area contributed by atoms with Crippen molar-refractivity contribution < 1.29 is 29.0 Å². The molecule has 2 aliphatic heterocycles. The molecule has 0 radical (unpaired) electrons. The standard InChI is InChI=1S/C21H20N8O5S2/c1-27-13-5-23-4-3-10(13)6-28(27)7-11-8-35-19-15(18(31)29(19)16(11)20(32)33)25-17(30)14(26-34-2)12-9-36-21(22)24-12/h3-6,9,15,19H,7-8H2,1-2H3,(H3-,22,24,25,30,32,33)/b26-14-/t15-,19-/m1/s1. The predicted octanol–water partition coefficient (Wildman–Crippen LogP) is -1.65. The number of aliphatic carboxylic acids is 1. The number of hydrogen-bond acceptors (Lipinski definition) is 11. The molecule has 0 unspecified atom stereocenters. The largest absolute Gasteiger partial charge is 0.543 e. The summed E-state index contributed by atoms with van der Waals surface area (Å²) in [6.45, 7) is 0.241. The normalized spacial score (nSPS) is 19.8. The van der Waals surface area contributed by atoms with Crippen molar-refractivity contribution in [3.05, 3.63) is 47.0 Å². The van der Waals surface area contributed by atoms with E-state index in [9.17, 15) is 19.5 Å². The van der Waals surface area contributed by atoms with Gasteiger partial charge >= 0.3 is 0 Å². The number of aryl methyl sites for hydroxylation is 1. The van der Waals surface area contributed by atoms with E-state index < -0.39 is 29.2 Å². The van der Waals surface area contributed by atoms with Crippen LogP contribution in [0.15, 0.2) is 46.5 Å². The molecule has 5 heterocycles. The minimum Gasteiger partial charge on any atom is -0.543 e. The van der Waals surface area contributed by atoms with E-state index in [1.54, 1.807) is 17.8 Å². The second-order valence-electron chi connectivity index (χ2n) is 7.98. The lowest BCUT2D eigenvalue weighted by molar-refractivity contribution is -0.764. The second-order valence-corrected chi connectivity index (χ2v) is 9.97. The van der Waals surface area contributed by atoms with Crippen molar-refractivity contribution in [3.63, 3.8) is 0 Å². The summed E-state index contributed by atoms with van der Waals surface area (Å²) in [5.41, 5.74) is 6.94. The highest BCUT2D eigenvalue weighted by Gasteiger charge is 2.53. The lowest BCUT2D eigenvalue weighted by Crippen LogP contribution is -2.71. The molecule has 3 N–H and O–H groups in total. The molecule has 2 amide bonds. The van der Waals surface area contributed by atoms with Crippen LogP contribution in [0.3, 0.4) is 0 Å². The van der Waals surface area contributed by atoms with E-state index in [2.05, 4.69) is 20.4 Å². The number of carboxylic acids is 1. The molecule has 13 nitrogen and oxygen atoms in total. The summed E-state index contributed by atoms with van der Waals surface area (Å²) >= 11 is 2.48. The van der Waals surface area contributed by atoms with Crippen LogP contribution in [0.4, 0.5) is 5.13 Å². The number of carbonyl (C=O) groups is 3. The van der Waals surface area contributed by atoms with Crippen molar-refractivity contribution in [1.29, 1.82) is 0 Å². The molecule has 5 rings (SSSR count). The number of amides is 2. The van der Waals surface area contributed by atoms with Crippen LogP contribution in [-0.2, 0) is 32.8 Å². The summed E-state index contributed by atoms with van der Waals surface area (Å²) in [7, 11) is 3.12. The van der Waals surface area contributed by atoms with Crippen LogP contribution in [0.1, 0.15) is 5.69 Å². The molecule has 0 saturated carbocycles. The lowest BCUT2D eigenvalue weighted by Gasteiger charge is -2.50. The average molecular weight is 529 g/mol. The monoisotopic (exact) mass is 528 g/mol. The molecule has 0 aliphatic carbocycles. The summed E-state index contributed by atoms with van der Waals surface area (Å²) < 4.78 is 3.71. The first kappa shape index (κ1) is 23.7. The van der Waals surface area contributed by atoms with Gasteiger partial charge in [0.25, 0.3) is 11.8 Å². The molecule has 0 aromatic carbocycles. The fourth-order valence-electron chi connectivity index (χ4n) is 4.20. The van der Waals surface area contributed by atoms with E-state index in [0.717, 1.165) is 22.2 Å². The number of nitrogens with zero attached hydrogens (tertiary/aromatic N) is 6. The summed E-state index contributed by atoms with van der Waals surface area (Å²) in [5, 5.41) is 20.6. The zero-order chi connectivity index (χ0) is 25.6. The highest BCUT2D eigenvalue weighted by molar-refractivity contribution is 8.00. The maximum absolute atomic E-state index is 13.0. The molecule has 3 aromatic rings. The van der Waals surface area contributed by atoms with Crippen molar-refractivity contribution in [2.45, 2.75) is 18.0 Å². The van der Waals surface area contributed by atoms with Crippen LogP contribution < -0.4 is 20.8 Å². The van der Waals surface area contributed by atoms with Gasteiger partial charge in [-0.2, -0.15) is 4.68 Å². The molecule has 1 fully saturated rings. The molecule has 0 bridgehead atoms. The number of carboxylic acid groups (broad SMARTS) is 1. The number of anilines is 1. The Balaban J connectivity index is 1.38. The number of carbonyl (C=O) groups excluding carboxylic acids is 3. The molecule has 15 heteroatoms. The zero-order valence-corrected chi connectivity index (χ0v) is 20.7. The molecule has 0 spiro atoms. The number of thiazole rings is 1. The second kappa shape index (κ2) is 9.23. The van der Waals surface area contributed by atoms with Gasteiger partial charge in [-0.05, 0) is 6.07 Å². The van der Waals surface area contributed by atoms with Crippen molar-refractivity contribution >= 4 is 62.6 Å². The molecule has 3 aromatic heterocycles. The molecular weight excluding hydrogens is 508 g/mol. The molecule has 2 atom stereocenters. The smallest absolute Gasteiger partial charge is 0.276 e. The maximum Gasteiger partial charge on any atom is 0.276 e. The summed E-state index contributed by atoms with van der Waals surface area (Å²) in [4.78, 5) is 52.1. The number of nitrogens with two attached hydrogens (primary N) is 1. The summed E-state index contributed by atoms with van der Waals surface area (Å²) in [6, 6.07) is 0.909. The predicted molar refractivity (Wildman–Crippen MR) is 128 cm³/mol. The van der Waals surface area contributed by atoms with Gasteiger partial charge in [0.15, 0.2) is 17.4 Å². The van der Waals surface area contributed by atoms with Gasteiger partial charge in [-0.15, -0.1) is 27.8 Å². The number of rotatable bonds is 7. The number of aromatic nitrogens is 4. The van der Waals surface area contributed by atoms with Crippen molar-refractivity contribution in [3.8, 4) is 0 Å². The number of β-lactam (4-membered cyclic amide) rings is 1. The average Bonchev–Trinajstić information content (AvgIpc) is 3.43. The topological polar surface area (TPSA) is 172 Å². The van der Waals surface area contributed by atoms with Crippen LogP contribution in [0.25, 0.3) is 10.9 Å². The SMILES string of the molecule is CO/N=C(\C(=O)N[C@@H]1C(=O)N2C(C(=O)[O-])=C(C[n+]3cc4ccncc4n3C)CS[C@H]12)c1csc(N)n1. The van der Waals surface area contributed by atoms with Crippen LogP contribution in [0.5, 0.6) is 0 Å². The molecule has 1 saturated heterocycles.